The van der Waals surface area contributed by atoms with E-state index in [1.807, 2.05) is 19.0 Å². The highest BCUT2D eigenvalue weighted by Gasteiger charge is 2.66. The van der Waals surface area contributed by atoms with E-state index in [1.165, 1.54) is 21.9 Å². The van der Waals surface area contributed by atoms with E-state index in [0.717, 1.165) is 0 Å². The molecule has 0 aromatic heterocycles. The van der Waals surface area contributed by atoms with Gasteiger partial charge in [-0.15, -0.1) is 0 Å². The van der Waals surface area contributed by atoms with E-state index in [2.05, 4.69) is 0 Å². The molecule has 4 rings (SSSR count). The number of likely N-dealkylation sites (tertiary alicyclic amines) is 1. The molecule has 0 bridgehead atoms. The van der Waals surface area contributed by atoms with Gasteiger partial charge in [-0.3, -0.25) is 14.4 Å². The smallest absolute Gasteiger partial charge is 0.296 e. The SMILES string of the molecule is CN(C)CCCN1C(=O)C(=O)C(=C(O)c2ccccc2O)[C@]12C(=O)N(C)c1ccccc12. The number of carbonyl (C=O) groups excluding carboxylic acids is 3. The molecule has 2 amide bonds. The summed E-state index contributed by atoms with van der Waals surface area (Å²) in [5, 5.41) is 21.5. The number of Topliss-reactive ketones (excluding diaryl/α,β-unsaturated/α-hetero) is 1. The van der Waals surface area contributed by atoms with Crippen LogP contribution in [0.4, 0.5) is 5.69 Å². The van der Waals surface area contributed by atoms with Crippen LogP contribution in [0.25, 0.3) is 5.76 Å². The Hall–Kier alpha value is -3.65. The number of amides is 2. The molecule has 2 N–H and O–H groups in total. The molecule has 2 aliphatic rings. The van der Waals surface area contributed by atoms with Crippen LogP contribution >= 0.6 is 0 Å². The van der Waals surface area contributed by atoms with Crippen molar-refractivity contribution in [1.82, 2.24) is 9.80 Å². The molecular formula is C24H25N3O5. The molecule has 0 unspecified atom stereocenters. The third kappa shape index (κ3) is 2.90. The van der Waals surface area contributed by atoms with E-state index in [1.54, 1.807) is 43.4 Å². The number of phenolic OH excluding ortho intramolecular Hbond substituents is 1. The number of benzene rings is 2. The highest BCUT2D eigenvalue weighted by molar-refractivity contribution is 6.50. The van der Waals surface area contributed by atoms with Crippen LogP contribution in [0.2, 0.25) is 0 Å². The second-order valence-electron chi connectivity index (χ2n) is 8.28. The largest absolute Gasteiger partial charge is 0.507 e. The molecule has 1 spiro atoms. The lowest BCUT2D eigenvalue weighted by atomic mass is 9.81. The lowest BCUT2D eigenvalue weighted by Gasteiger charge is -2.34. The quantitative estimate of drug-likeness (QED) is 0.423. The molecule has 32 heavy (non-hydrogen) atoms. The van der Waals surface area contributed by atoms with Crippen molar-refractivity contribution >= 4 is 29.0 Å². The van der Waals surface area contributed by atoms with Gasteiger partial charge in [-0.1, -0.05) is 30.3 Å². The molecule has 1 atom stereocenters. The Bertz CT molecular complexity index is 1160. The maximum atomic E-state index is 13.8. The highest BCUT2D eigenvalue weighted by atomic mass is 16.3. The average Bonchev–Trinajstić information content (AvgIpc) is 3.12. The molecular weight excluding hydrogens is 410 g/mol. The number of aliphatic hydroxyl groups excluding tert-OH is 1. The van der Waals surface area contributed by atoms with Gasteiger partial charge in [0.05, 0.1) is 11.1 Å². The van der Waals surface area contributed by atoms with Gasteiger partial charge in [0, 0.05) is 24.8 Å². The Morgan fingerprint density at radius 3 is 2.38 bits per heavy atom. The predicted octanol–water partition coefficient (Wildman–Crippen LogP) is 1.90. The van der Waals surface area contributed by atoms with Gasteiger partial charge < -0.3 is 24.9 Å². The fourth-order valence-electron chi connectivity index (χ4n) is 4.62. The van der Waals surface area contributed by atoms with E-state index >= 15 is 0 Å². The van der Waals surface area contributed by atoms with Crippen LogP contribution in [0.15, 0.2) is 54.1 Å². The number of nitrogens with zero attached hydrogens (tertiary/aromatic N) is 3. The molecule has 8 nitrogen and oxygen atoms in total. The number of para-hydroxylation sites is 2. The molecule has 1 fully saturated rings. The number of phenols is 1. The second kappa shape index (κ2) is 7.80. The van der Waals surface area contributed by atoms with Crippen molar-refractivity contribution in [2.24, 2.45) is 0 Å². The van der Waals surface area contributed by atoms with Crippen molar-refractivity contribution in [3.63, 3.8) is 0 Å². The third-order valence-electron chi connectivity index (χ3n) is 6.09. The fraction of sp³-hybridized carbons (Fsp3) is 0.292. The van der Waals surface area contributed by atoms with Crippen molar-refractivity contribution in [3.05, 3.63) is 65.2 Å². The number of likely N-dealkylation sites (N-methyl/N-ethyl adjacent to an activating group) is 1. The molecule has 2 aromatic rings. The Labute approximate surface area is 186 Å². The van der Waals surface area contributed by atoms with Gasteiger partial charge in [0.2, 0.25) is 0 Å². The first kappa shape index (κ1) is 21.6. The van der Waals surface area contributed by atoms with Gasteiger partial charge in [-0.05, 0) is 45.3 Å². The monoisotopic (exact) mass is 435 g/mol. The van der Waals surface area contributed by atoms with Crippen LogP contribution < -0.4 is 4.90 Å². The minimum atomic E-state index is -1.79. The van der Waals surface area contributed by atoms with E-state index in [0.29, 0.717) is 24.2 Å². The summed E-state index contributed by atoms with van der Waals surface area (Å²) in [4.78, 5) is 44.9. The number of aromatic hydroxyl groups is 1. The van der Waals surface area contributed by atoms with Crippen molar-refractivity contribution < 1.29 is 24.6 Å². The normalized spacial score (nSPS) is 21.8. The zero-order chi connectivity index (χ0) is 23.2. The summed E-state index contributed by atoms with van der Waals surface area (Å²) < 4.78 is 0. The van der Waals surface area contributed by atoms with Gasteiger partial charge in [-0.2, -0.15) is 0 Å². The van der Waals surface area contributed by atoms with E-state index in [9.17, 15) is 24.6 Å². The van der Waals surface area contributed by atoms with Crippen LogP contribution in [-0.2, 0) is 19.9 Å². The summed E-state index contributed by atoms with van der Waals surface area (Å²) in [5.41, 5.74) is -1.12. The Morgan fingerprint density at radius 2 is 1.69 bits per heavy atom. The second-order valence-corrected chi connectivity index (χ2v) is 8.28. The van der Waals surface area contributed by atoms with Gasteiger partial charge in [0.25, 0.3) is 17.6 Å². The number of rotatable bonds is 5. The number of carbonyl (C=O) groups is 3. The van der Waals surface area contributed by atoms with Crippen LogP contribution in [0.1, 0.15) is 17.5 Å². The minimum absolute atomic E-state index is 0.0157. The zero-order valence-electron chi connectivity index (χ0n) is 18.2. The third-order valence-corrected chi connectivity index (χ3v) is 6.09. The van der Waals surface area contributed by atoms with Crippen LogP contribution in [-0.4, -0.2) is 71.8 Å². The molecule has 0 aliphatic carbocycles. The lowest BCUT2D eigenvalue weighted by molar-refractivity contribution is -0.143. The van der Waals surface area contributed by atoms with Gasteiger partial charge in [0.1, 0.15) is 11.5 Å². The summed E-state index contributed by atoms with van der Waals surface area (Å²) in [6.07, 6.45) is 0.525. The molecule has 0 radical (unpaired) electrons. The summed E-state index contributed by atoms with van der Waals surface area (Å²) in [6.45, 7) is 0.790. The molecule has 2 heterocycles. The van der Waals surface area contributed by atoms with E-state index < -0.39 is 28.9 Å². The van der Waals surface area contributed by atoms with E-state index in [4.69, 9.17) is 0 Å². The average molecular weight is 435 g/mol. The minimum Gasteiger partial charge on any atom is -0.507 e. The maximum absolute atomic E-state index is 13.8. The number of fused-ring (bicyclic) bond motifs is 2. The zero-order valence-corrected chi connectivity index (χ0v) is 18.2. The maximum Gasteiger partial charge on any atom is 0.296 e. The first-order valence-corrected chi connectivity index (χ1v) is 10.3. The summed E-state index contributed by atoms with van der Waals surface area (Å²) in [6, 6.07) is 12.9. The number of hydrogen-bond acceptors (Lipinski definition) is 6. The molecule has 2 aliphatic heterocycles. The number of anilines is 1. The topological polar surface area (TPSA) is 101 Å². The van der Waals surface area contributed by atoms with Crippen LogP contribution in [0, 0.1) is 0 Å². The fourth-order valence-corrected chi connectivity index (χ4v) is 4.62. The molecule has 8 heteroatoms. The van der Waals surface area contributed by atoms with Crippen molar-refractivity contribution in [2.75, 3.05) is 39.1 Å². The van der Waals surface area contributed by atoms with Crippen molar-refractivity contribution in [1.29, 1.82) is 0 Å². The van der Waals surface area contributed by atoms with Gasteiger partial charge >= 0.3 is 0 Å². The Kier molecular flexibility index (Phi) is 5.26. The molecule has 1 saturated heterocycles. The first-order chi connectivity index (χ1) is 15.2. The van der Waals surface area contributed by atoms with Crippen molar-refractivity contribution in [2.45, 2.75) is 12.0 Å². The highest BCUT2D eigenvalue weighted by Crippen LogP contribution is 2.53. The molecule has 166 valence electrons. The Morgan fingerprint density at radius 1 is 1.03 bits per heavy atom. The van der Waals surface area contributed by atoms with Crippen molar-refractivity contribution in [3.8, 4) is 5.75 Å². The Balaban J connectivity index is 2.01. The van der Waals surface area contributed by atoms with E-state index in [-0.39, 0.29) is 23.4 Å². The predicted molar refractivity (Wildman–Crippen MR) is 119 cm³/mol. The van der Waals surface area contributed by atoms with Gasteiger partial charge in [-0.25, -0.2) is 0 Å². The van der Waals surface area contributed by atoms with Gasteiger partial charge in [0.15, 0.2) is 5.54 Å². The van der Waals surface area contributed by atoms with Crippen LogP contribution in [0.5, 0.6) is 5.75 Å². The number of hydrogen-bond donors (Lipinski definition) is 2. The molecule has 2 aromatic carbocycles. The summed E-state index contributed by atoms with van der Waals surface area (Å²) >= 11 is 0. The summed E-state index contributed by atoms with van der Waals surface area (Å²) in [7, 11) is 5.37. The lowest BCUT2D eigenvalue weighted by Crippen LogP contribution is -2.51. The standard InChI is InChI=1S/C24H25N3O5/c1-25(2)13-8-14-27-22(31)21(30)19(20(29)15-9-4-7-12-18(15)28)24(27)16-10-5-6-11-17(16)26(3)23(24)32/h4-7,9-12,28-29H,8,13-14H2,1-3H3/t24-/m1/s1. The number of ketones is 1. The number of aliphatic hydroxyl groups is 1. The molecule has 0 saturated carbocycles. The summed E-state index contributed by atoms with van der Waals surface area (Å²) in [5.74, 6) is -3.13. The van der Waals surface area contributed by atoms with Crippen LogP contribution in [0.3, 0.4) is 0 Å². The first-order valence-electron chi connectivity index (χ1n) is 10.3.